The predicted molar refractivity (Wildman–Crippen MR) is 116 cm³/mol. The number of hydrogen-bond acceptors (Lipinski definition) is 3. The Kier molecular flexibility index (Phi) is 6.31. The van der Waals surface area contributed by atoms with Gasteiger partial charge in [-0.1, -0.05) is 17.7 Å². The van der Waals surface area contributed by atoms with Gasteiger partial charge in [-0.3, -0.25) is 9.59 Å². The van der Waals surface area contributed by atoms with Gasteiger partial charge in [0.05, 0.1) is 0 Å². The first-order valence-electron chi connectivity index (χ1n) is 9.62. The lowest BCUT2D eigenvalue weighted by molar-refractivity contribution is 0.0950. The number of aromatic amines is 1. The number of carboxylic acid groups (broad SMARTS) is 1. The molecule has 30 heavy (non-hydrogen) atoms. The molecule has 0 aliphatic carbocycles. The molecule has 2 aromatic rings. The van der Waals surface area contributed by atoms with E-state index in [1.54, 1.807) is 12.1 Å². The maximum absolute atomic E-state index is 12.9. The number of carbonyl (C=O) groups excluding carboxylic acids is 1. The molecule has 158 valence electrons. The van der Waals surface area contributed by atoms with Gasteiger partial charge < -0.3 is 20.3 Å². The van der Waals surface area contributed by atoms with E-state index in [-0.39, 0.29) is 18.0 Å². The van der Waals surface area contributed by atoms with Gasteiger partial charge in [-0.25, -0.2) is 4.79 Å². The summed E-state index contributed by atoms with van der Waals surface area (Å²) in [5.41, 5.74) is 4.88. The molecule has 0 fully saturated rings. The zero-order chi connectivity index (χ0) is 22.0. The monoisotopic (exact) mass is 429 g/mol. The van der Waals surface area contributed by atoms with Crippen LogP contribution in [0.15, 0.2) is 29.1 Å². The van der Waals surface area contributed by atoms with E-state index in [0.717, 1.165) is 28.0 Å². The lowest BCUT2D eigenvalue weighted by Crippen LogP contribution is -2.33. The van der Waals surface area contributed by atoms with Crippen molar-refractivity contribution in [2.24, 2.45) is 0 Å². The summed E-state index contributed by atoms with van der Waals surface area (Å²) in [5, 5.41) is 12.4. The highest BCUT2D eigenvalue weighted by Gasteiger charge is 2.21. The number of H-pyrrole nitrogens is 1. The maximum atomic E-state index is 12.9. The summed E-state index contributed by atoms with van der Waals surface area (Å²) < 4.78 is 0. The Labute approximate surface area is 179 Å². The number of aryl methyl sites for hydroxylation is 2. The first-order valence-corrected chi connectivity index (χ1v) is 10.00. The van der Waals surface area contributed by atoms with Gasteiger partial charge in [0.2, 0.25) is 0 Å². The molecule has 3 N–H and O–H groups in total. The van der Waals surface area contributed by atoms with Gasteiger partial charge in [0.1, 0.15) is 0 Å². The zero-order valence-corrected chi connectivity index (χ0v) is 17.9. The van der Waals surface area contributed by atoms with Crippen LogP contribution in [-0.4, -0.2) is 40.1 Å². The second-order valence-corrected chi connectivity index (χ2v) is 7.90. The topological polar surface area (TPSA) is 102 Å². The number of amides is 2. The van der Waals surface area contributed by atoms with Crippen LogP contribution in [0, 0.1) is 20.8 Å². The minimum absolute atomic E-state index is 0.109. The van der Waals surface area contributed by atoms with E-state index in [1.165, 1.54) is 4.90 Å². The van der Waals surface area contributed by atoms with E-state index >= 15 is 0 Å². The van der Waals surface area contributed by atoms with Crippen molar-refractivity contribution in [1.29, 1.82) is 0 Å². The smallest absolute Gasteiger partial charge is 0.407 e. The minimum atomic E-state index is -0.949. The summed E-state index contributed by atoms with van der Waals surface area (Å²) in [6.07, 6.45) is 1.45. The van der Waals surface area contributed by atoms with Crippen LogP contribution in [0.4, 0.5) is 4.79 Å². The van der Waals surface area contributed by atoms with Crippen molar-refractivity contribution in [3.63, 3.8) is 0 Å². The number of benzene rings is 1. The molecule has 8 heteroatoms. The number of hydrogen-bond donors (Lipinski definition) is 3. The fourth-order valence-electron chi connectivity index (χ4n) is 3.70. The summed E-state index contributed by atoms with van der Waals surface area (Å²) in [6, 6.07) is 5.27. The van der Waals surface area contributed by atoms with Crippen LogP contribution >= 0.6 is 11.6 Å². The van der Waals surface area contributed by atoms with Gasteiger partial charge >= 0.3 is 6.09 Å². The third-order valence-electron chi connectivity index (χ3n) is 5.36. The molecular formula is C22H24ClN3O4. The van der Waals surface area contributed by atoms with Crippen LogP contribution in [0.5, 0.6) is 0 Å². The quantitative estimate of drug-likeness (QED) is 0.690. The zero-order valence-electron chi connectivity index (χ0n) is 17.1. The summed E-state index contributed by atoms with van der Waals surface area (Å²) in [6.45, 7) is 6.29. The molecule has 1 aromatic carbocycles. The second-order valence-electron chi connectivity index (χ2n) is 7.46. The van der Waals surface area contributed by atoms with Crippen molar-refractivity contribution in [3.8, 4) is 0 Å². The molecule has 3 rings (SSSR count). The highest BCUT2D eigenvalue weighted by molar-refractivity contribution is 6.31. The van der Waals surface area contributed by atoms with E-state index in [9.17, 15) is 14.4 Å². The highest BCUT2D eigenvalue weighted by atomic mass is 35.5. The molecule has 1 aliphatic heterocycles. The molecule has 0 unspecified atom stereocenters. The van der Waals surface area contributed by atoms with Gasteiger partial charge in [-0.05, 0) is 67.7 Å². The van der Waals surface area contributed by atoms with Crippen molar-refractivity contribution < 1.29 is 14.7 Å². The van der Waals surface area contributed by atoms with Gasteiger partial charge in [-0.15, -0.1) is 0 Å². The molecule has 0 saturated heterocycles. The van der Waals surface area contributed by atoms with Crippen LogP contribution < -0.4 is 10.9 Å². The summed E-state index contributed by atoms with van der Waals surface area (Å²) >= 11 is 6.28. The Bertz CT molecular complexity index is 1100. The van der Waals surface area contributed by atoms with Crippen LogP contribution in [0.25, 0.3) is 5.57 Å². The first kappa shape index (κ1) is 21.6. The molecule has 0 saturated carbocycles. The van der Waals surface area contributed by atoms with E-state index in [2.05, 4.69) is 10.3 Å². The van der Waals surface area contributed by atoms with Gasteiger partial charge in [-0.2, -0.15) is 0 Å². The average Bonchev–Trinajstić information content (AvgIpc) is 2.68. The van der Waals surface area contributed by atoms with Crippen LogP contribution in [0.1, 0.15) is 44.7 Å². The molecule has 1 aliphatic rings. The van der Waals surface area contributed by atoms with E-state index in [0.29, 0.717) is 35.7 Å². The Morgan fingerprint density at radius 1 is 1.23 bits per heavy atom. The number of carbonyl (C=O) groups is 2. The number of nitrogens with one attached hydrogen (secondary N) is 2. The maximum Gasteiger partial charge on any atom is 0.407 e. The Hall–Kier alpha value is -3.06. The fraction of sp³-hybridized carbons (Fsp3) is 0.318. The van der Waals surface area contributed by atoms with Crippen LogP contribution in [0.3, 0.4) is 0 Å². The number of nitrogens with zero attached hydrogens (tertiary/aromatic N) is 1. The third kappa shape index (κ3) is 4.57. The van der Waals surface area contributed by atoms with Crippen LogP contribution in [-0.2, 0) is 6.54 Å². The lowest BCUT2D eigenvalue weighted by Gasteiger charge is -2.25. The second kappa shape index (κ2) is 8.75. The van der Waals surface area contributed by atoms with Gasteiger partial charge in [0.15, 0.2) is 0 Å². The Morgan fingerprint density at radius 3 is 2.57 bits per heavy atom. The van der Waals surface area contributed by atoms with Crippen LogP contribution in [0.2, 0.25) is 5.02 Å². The summed E-state index contributed by atoms with van der Waals surface area (Å²) in [7, 11) is 0. The third-order valence-corrected chi connectivity index (χ3v) is 5.58. The van der Waals surface area contributed by atoms with E-state index in [4.69, 9.17) is 16.7 Å². The standard InChI is InChI=1S/C22H24ClN3O4/c1-12-8-13(2)25-21(28)19(12)11-24-20(27)18-10-16(23)9-17(14(18)3)15-4-6-26(7-5-15)22(29)30/h4,8-10H,5-7,11H2,1-3H3,(H,24,27)(H,25,28)(H,29,30). The molecule has 2 heterocycles. The number of aromatic nitrogens is 1. The molecule has 7 nitrogen and oxygen atoms in total. The number of rotatable bonds is 4. The SMILES string of the molecule is Cc1cc(C)c(CNC(=O)c2cc(Cl)cc(C3=CCN(C(=O)O)CC3)c2C)c(=O)[nH]1. The molecule has 2 amide bonds. The van der Waals surface area contributed by atoms with Gasteiger partial charge in [0.25, 0.3) is 11.5 Å². The summed E-state index contributed by atoms with van der Waals surface area (Å²) in [5.74, 6) is -0.320. The molecule has 0 spiro atoms. The predicted octanol–water partition coefficient (Wildman–Crippen LogP) is 3.65. The minimum Gasteiger partial charge on any atom is -0.465 e. The molecule has 0 radical (unpaired) electrons. The lowest BCUT2D eigenvalue weighted by atomic mass is 9.92. The van der Waals surface area contributed by atoms with Gasteiger partial charge in [0, 0.05) is 41.5 Å². The van der Waals surface area contributed by atoms with Crippen molar-refractivity contribution >= 4 is 29.2 Å². The Morgan fingerprint density at radius 2 is 1.97 bits per heavy atom. The summed E-state index contributed by atoms with van der Waals surface area (Å²) in [4.78, 5) is 40.2. The first-order chi connectivity index (χ1) is 14.2. The largest absolute Gasteiger partial charge is 0.465 e. The van der Waals surface area contributed by atoms with Crippen molar-refractivity contribution in [2.45, 2.75) is 33.7 Å². The van der Waals surface area contributed by atoms with E-state index in [1.807, 2.05) is 32.9 Å². The van der Waals surface area contributed by atoms with Crippen molar-refractivity contribution in [1.82, 2.24) is 15.2 Å². The molecular weight excluding hydrogens is 406 g/mol. The molecule has 1 aromatic heterocycles. The molecule has 0 atom stereocenters. The number of halogens is 1. The highest BCUT2D eigenvalue weighted by Crippen LogP contribution is 2.30. The van der Waals surface area contributed by atoms with Crippen molar-refractivity contribution in [2.75, 3.05) is 13.1 Å². The van der Waals surface area contributed by atoms with E-state index < -0.39 is 6.09 Å². The number of pyridine rings is 1. The fourth-order valence-corrected chi connectivity index (χ4v) is 3.92. The molecule has 0 bridgehead atoms. The van der Waals surface area contributed by atoms with Crippen molar-refractivity contribution in [3.05, 3.63) is 73.2 Å². The normalized spacial score (nSPS) is 13.7. The average molecular weight is 430 g/mol. The Balaban J connectivity index is 1.84.